The minimum atomic E-state index is -1.34. The van der Waals surface area contributed by atoms with E-state index in [-0.39, 0.29) is 0 Å². The molecule has 7 heteroatoms. The molecule has 7 nitrogen and oxygen atoms in total. The van der Waals surface area contributed by atoms with Crippen molar-refractivity contribution in [3.05, 3.63) is 36.0 Å². The van der Waals surface area contributed by atoms with Crippen molar-refractivity contribution in [1.29, 1.82) is 0 Å². The Hall–Kier alpha value is -2.83. The van der Waals surface area contributed by atoms with Crippen LogP contribution in [0.1, 0.15) is 16.8 Å². The van der Waals surface area contributed by atoms with Crippen LogP contribution < -0.4 is 11.1 Å². The molecule has 2 aromatic rings. The summed E-state index contributed by atoms with van der Waals surface area (Å²) in [6.07, 6.45) is 1.03. The number of carboxylic acids is 1. The van der Waals surface area contributed by atoms with Gasteiger partial charge in [-0.15, -0.1) is 0 Å². The molecule has 0 radical (unpaired) electrons. The van der Waals surface area contributed by atoms with Crippen LogP contribution in [-0.2, 0) is 9.59 Å². The molecule has 2 amide bonds. The summed E-state index contributed by atoms with van der Waals surface area (Å²) >= 11 is 0. The number of rotatable bonds is 5. The molecule has 1 aromatic heterocycles. The van der Waals surface area contributed by atoms with Crippen LogP contribution in [0.4, 0.5) is 0 Å². The molecular weight excluding hydrogens is 262 g/mol. The van der Waals surface area contributed by atoms with E-state index in [0.717, 1.165) is 5.52 Å². The van der Waals surface area contributed by atoms with Gasteiger partial charge in [-0.1, -0.05) is 18.2 Å². The molecule has 0 spiro atoms. The Balaban J connectivity index is 2.22. The van der Waals surface area contributed by atoms with Gasteiger partial charge in [0.15, 0.2) is 0 Å². The topological polar surface area (TPSA) is 125 Å². The molecule has 0 aliphatic carbocycles. The molecule has 1 atom stereocenters. The van der Waals surface area contributed by atoms with Crippen molar-refractivity contribution < 1.29 is 19.5 Å². The van der Waals surface area contributed by atoms with Crippen LogP contribution in [0.2, 0.25) is 0 Å². The molecule has 0 aliphatic heterocycles. The Morgan fingerprint density at radius 1 is 1.30 bits per heavy atom. The van der Waals surface area contributed by atoms with Gasteiger partial charge in [0.1, 0.15) is 6.04 Å². The zero-order valence-corrected chi connectivity index (χ0v) is 10.4. The maximum absolute atomic E-state index is 12.1. The van der Waals surface area contributed by atoms with Crippen molar-refractivity contribution in [2.24, 2.45) is 5.73 Å². The fourth-order valence-corrected chi connectivity index (χ4v) is 1.90. The summed E-state index contributed by atoms with van der Waals surface area (Å²) in [5.74, 6) is -2.68. The Bertz CT molecular complexity index is 677. The normalized spacial score (nSPS) is 12.0. The highest BCUT2D eigenvalue weighted by atomic mass is 16.4. The van der Waals surface area contributed by atoms with Crippen LogP contribution in [-0.4, -0.2) is 33.9 Å². The largest absolute Gasteiger partial charge is 0.480 e. The number of carbonyl (C=O) groups is 3. The number of carboxylic acid groups (broad SMARTS) is 1. The molecule has 0 fully saturated rings. The molecule has 1 heterocycles. The Morgan fingerprint density at radius 3 is 2.65 bits per heavy atom. The second-order valence-corrected chi connectivity index (χ2v) is 4.28. The zero-order valence-electron chi connectivity index (χ0n) is 10.4. The number of aromatic amines is 1. The number of aliphatic carboxylic acids is 1. The highest BCUT2D eigenvalue weighted by Gasteiger charge is 2.23. The van der Waals surface area contributed by atoms with Gasteiger partial charge in [0.2, 0.25) is 5.91 Å². The number of H-pyrrole nitrogens is 1. The first-order valence-corrected chi connectivity index (χ1v) is 5.87. The molecule has 5 N–H and O–H groups in total. The quantitative estimate of drug-likeness (QED) is 0.623. The van der Waals surface area contributed by atoms with Gasteiger partial charge in [-0.3, -0.25) is 9.59 Å². The number of hydrogen-bond acceptors (Lipinski definition) is 3. The third kappa shape index (κ3) is 2.77. The van der Waals surface area contributed by atoms with Gasteiger partial charge in [0.25, 0.3) is 5.91 Å². The number of aromatic nitrogens is 1. The standard InChI is InChI=1S/C13H13N3O4/c14-11(17)5-10(13(19)20)16-12(18)8-6-15-9-4-2-1-3-7(8)9/h1-4,6,10,15H,5H2,(H2,14,17)(H,16,18)(H,19,20)/t10-/m1/s1. The van der Waals surface area contributed by atoms with Crippen LogP contribution in [0.25, 0.3) is 10.9 Å². The number of benzene rings is 1. The lowest BCUT2D eigenvalue weighted by molar-refractivity contribution is -0.140. The number of hydrogen-bond donors (Lipinski definition) is 4. The monoisotopic (exact) mass is 275 g/mol. The summed E-state index contributed by atoms with van der Waals surface area (Å²) in [6.45, 7) is 0. The van der Waals surface area contributed by atoms with E-state index in [9.17, 15) is 14.4 Å². The third-order valence-corrected chi connectivity index (χ3v) is 2.84. The number of nitrogens with one attached hydrogen (secondary N) is 2. The van der Waals surface area contributed by atoms with Crippen LogP contribution in [0.3, 0.4) is 0 Å². The second-order valence-electron chi connectivity index (χ2n) is 4.28. The number of primary amides is 1. The number of amides is 2. The van der Waals surface area contributed by atoms with E-state index in [4.69, 9.17) is 10.8 Å². The van der Waals surface area contributed by atoms with Gasteiger partial charge in [-0.25, -0.2) is 4.79 Å². The van der Waals surface area contributed by atoms with Gasteiger partial charge < -0.3 is 21.1 Å². The molecule has 20 heavy (non-hydrogen) atoms. The van der Waals surface area contributed by atoms with Crippen LogP contribution in [0.15, 0.2) is 30.5 Å². The predicted octanol–water partition coefficient (Wildman–Crippen LogP) is 0.226. The van der Waals surface area contributed by atoms with Crippen molar-refractivity contribution in [2.75, 3.05) is 0 Å². The summed E-state index contributed by atoms with van der Waals surface area (Å²) in [6, 6.07) is 5.78. The van der Waals surface area contributed by atoms with E-state index in [1.54, 1.807) is 18.2 Å². The molecule has 2 rings (SSSR count). The summed E-state index contributed by atoms with van der Waals surface area (Å²) in [4.78, 5) is 36.8. The number of carbonyl (C=O) groups excluding carboxylic acids is 2. The van der Waals surface area contributed by atoms with Gasteiger partial charge in [-0.05, 0) is 6.07 Å². The molecular formula is C13H13N3O4. The summed E-state index contributed by atoms with van der Waals surface area (Å²) < 4.78 is 0. The lowest BCUT2D eigenvalue weighted by Gasteiger charge is -2.12. The summed E-state index contributed by atoms with van der Waals surface area (Å²) in [5, 5.41) is 11.9. The molecule has 0 unspecified atom stereocenters. The fourth-order valence-electron chi connectivity index (χ4n) is 1.90. The smallest absolute Gasteiger partial charge is 0.326 e. The SMILES string of the molecule is NC(=O)C[C@@H](NC(=O)c1c[nH]c2ccccc12)C(=O)O. The van der Waals surface area contributed by atoms with Crippen molar-refractivity contribution in [2.45, 2.75) is 12.5 Å². The fraction of sp³-hybridized carbons (Fsp3) is 0.154. The molecule has 1 aromatic carbocycles. The van der Waals surface area contributed by atoms with Gasteiger partial charge in [0, 0.05) is 17.1 Å². The average Bonchev–Trinajstić information content (AvgIpc) is 2.81. The van der Waals surface area contributed by atoms with Gasteiger partial charge in [0.05, 0.1) is 12.0 Å². The predicted molar refractivity (Wildman–Crippen MR) is 71.0 cm³/mol. The first-order valence-electron chi connectivity index (χ1n) is 5.87. The Labute approximate surface area is 113 Å². The van der Waals surface area contributed by atoms with E-state index in [1.165, 1.54) is 6.20 Å². The van der Waals surface area contributed by atoms with Crippen molar-refractivity contribution >= 4 is 28.7 Å². The maximum atomic E-state index is 12.1. The summed E-state index contributed by atoms with van der Waals surface area (Å²) in [5.41, 5.74) is 6.04. The summed E-state index contributed by atoms with van der Waals surface area (Å²) in [7, 11) is 0. The minimum Gasteiger partial charge on any atom is -0.480 e. The van der Waals surface area contributed by atoms with E-state index in [1.807, 2.05) is 6.07 Å². The van der Waals surface area contributed by atoms with Crippen molar-refractivity contribution in [3.63, 3.8) is 0 Å². The molecule has 0 saturated heterocycles. The van der Waals surface area contributed by atoms with Crippen LogP contribution in [0, 0.1) is 0 Å². The van der Waals surface area contributed by atoms with Gasteiger partial charge >= 0.3 is 5.97 Å². The Kier molecular flexibility index (Phi) is 3.69. The highest BCUT2D eigenvalue weighted by Crippen LogP contribution is 2.17. The van der Waals surface area contributed by atoms with Crippen LogP contribution >= 0.6 is 0 Å². The third-order valence-electron chi connectivity index (χ3n) is 2.84. The Morgan fingerprint density at radius 2 is 2.00 bits per heavy atom. The van der Waals surface area contributed by atoms with E-state index in [2.05, 4.69) is 10.3 Å². The zero-order chi connectivity index (χ0) is 14.7. The molecule has 0 bridgehead atoms. The number of fused-ring (bicyclic) bond motifs is 1. The first kappa shape index (κ1) is 13.6. The lowest BCUT2D eigenvalue weighted by atomic mass is 10.1. The lowest BCUT2D eigenvalue weighted by Crippen LogP contribution is -2.43. The van der Waals surface area contributed by atoms with Crippen molar-refractivity contribution in [1.82, 2.24) is 10.3 Å². The highest BCUT2D eigenvalue weighted by molar-refractivity contribution is 6.07. The second kappa shape index (κ2) is 5.43. The van der Waals surface area contributed by atoms with E-state index >= 15 is 0 Å². The van der Waals surface area contributed by atoms with E-state index in [0.29, 0.717) is 10.9 Å². The molecule has 104 valence electrons. The first-order chi connectivity index (χ1) is 9.49. The molecule has 0 aliphatic rings. The van der Waals surface area contributed by atoms with Crippen molar-refractivity contribution in [3.8, 4) is 0 Å². The molecule has 0 saturated carbocycles. The minimum absolute atomic E-state index is 0.316. The number of nitrogens with two attached hydrogens (primary N) is 1. The van der Waals surface area contributed by atoms with Crippen LogP contribution in [0.5, 0.6) is 0 Å². The number of para-hydroxylation sites is 1. The van der Waals surface area contributed by atoms with Gasteiger partial charge in [-0.2, -0.15) is 0 Å². The maximum Gasteiger partial charge on any atom is 0.326 e. The average molecular weight is 275 g/mol. The van der Waals surface area contributed by atoms with E-state index < -0.39 is 30.2 Å².